The Morgan fingerprint density at radius 1 is 0.955 bits per heavy atom. The molecule has 9 unspecified atom stereocenters. The molecule has 1 radical (unpaired) electrons. The topological polar surface area (TPSA) is 38.7 Å². The second-order valence-electron chi connectivity index (χ2n) is 7.45. The smallest absolute Gasteiger partial charge is 0.160 e. The largest absolute Gasteiger partial charge is 0.372 e. The van der Waals surface area contributed by atoms with Gasteiger partial charge in [-0.05, 0) is 36.5 Å². The maximum atomic E-state index is 9.95. The molecule has 1 saturated heterocycles. The Kier molecular flexibility index (Phi) is 7.95. The van der Waals surface area contributed by atoms with Crippen LogP contribution >= 0.6 is 0 Å². The SMILES string of the molecule is CCC1CC(OC2C(CC)OC(O)C2C)C(C)C(C)C1C.[V]. The van der Waals surface area contributed by atoms with Gasteiger partial charge in [0, 0.05) is 24.5 Å². The molecule has 0 aromatic carbocycles. The summed E-state index contributed by atoms with van der Waals surface area (Å²) in [6, 6.07) is 0. The van der Waals surface area contributed by atoms with Crippen molar-refractivity contribution in [2.45, 2.75) is 85.4 Å². The fraction of sp³-hybridized carbons (Fsp3) is 1.00. The average Bonchev–Trinajstić information content (AvgIpc) is 2.75. The summed E-state index contributed by atoms with van der Waals surface area (Å²) in [5.74, 6) is 2.86. The maximum absolute atomic E-state index is 9.95. The van der Waals surface area contributed by atoms with E-state index >= 15 is 0 Å². The van der Waals surface area contributed by atoms with Gasteiger partial charge >= 0.3 is 0 Å². The predicted molar refractivity (Wildman–Crippen MR) is 84.9 cm³/mol. The molecule has 9 atom stereocenters. The van der Waals surface area contributed by atoms with Crippen molar-refractivity contribution in [2.75, 3.05) is 0 Å². The van der Waals surface area contributed by atoms with Gasteiger partial charge in [0.05, 0.1) is 18.3 Å². The van der Waals surface area contributed by atoms with E-state index in [-0.39, 0.29) is 36.7 Å². The average molecular weight is 349 g/mol. The third kappa shape index (κ3) is 3.92. The summed E-state index contributed by atoms with van der Waals surface area (Å²) < 4.78 is 12.2. The Bertz CT molecular complexity index is 336. The normalized spacial score (nSPS) is 49.0. The Hall–Kier alpha value is 0.464. The van der Waals surface area contributed by atoms with Crippen LogP contribution in [0.3, 0.4) is 0 Å². The molecule has 22 heavy (non-hydrogen) atoms. The third-order valence-corrected chi connectivity index (χ3v) is 6.43. The Labute approximate surface area is 148 Å². The molecule has 1 heterocycles. The van der Waals surface area contributed by atoms with Crippen molar-refractivity contribution >= 4 is 0 Å². The summed E-state index contributed by atoms with van der Waals surface area (Å²) in [7, 11) is 0. The van der Waals surface area contributed by atoms with Crippen molar-refractivity contribution in [2.24, 2.45) is 29.6 Å². The van der Waals surface area contributed by atoms with Crippen LogP contribution in [-0.4, -0.2) is 29.7 Å². The summed E-state index contributed by atoms with van der Waals surface area (Å²) in [5, 5.41) is 9.95. The van der Waals surface area contributed by atoms with Crippen molar-refractivity contribution < 1.29 is 33.1 Å². The molecule has 1 N–H and O–H groups in total. The zero-order valence-corrected chi connectivity index (χ0v) is 16.4. The molecule has 3 nitrogen and oxygen atoms in total. The molecular weight excluding hydrogens is 315 g/mol. The van der Waals surface area contributed by atoms with Crippen molar-refractivity contribution in [1.82, 2.24) is 0 Å². The molecule has 2 rings (SSSR count). The maximum Gasteiger partial charge on any atom is 0.160 e. The summed E-state index contributed by atoms with van der Waals surface area (Å²) in [6.07, 6.45) is 2.99. The van der Waals surface area contributed by atoms with E-state index in [1.807, 2.05) is 6.92 Å². The molecule has 2 aliphatic rings. The second kappa shape index (κ2) is 8.53. The van der Waals surface area contributed by atoms with E-state index in [0.717, 1.165) is 24.7 Å². The molecule has 1 aliphatic carbocycles. The van der Waals surface area contributed by atoms with Gasteiger partial charge in [0.15, 0.2) is 6.29 Å². The molecule has 1 aliphatic heterocycles. The van der Waals surface area contributed by atoms with Crippen molar-refractivity contribution in [3.05, 3.63) is 0 Å². The summed E-state index contributed by atoms with van der Waals surface area (Å²) >= 11 is 0. The summed E-state index contributed by atoms with van der Waals surface area (Å²) in [5.41, 5.74) is 0. The van der Waals surface area contributed by atoms with Crippen LogP contribution in [0, 0.1) is 29.6 Å². The van der Waals surface area contributed by atoms with Crippen molar-refractivity contribution in [3.8, 4) is 0 Å². The molecular formula is C18H34O3V. The standard InChI is InChI=1S/C18H34O3.V/c1-7-14-9-16(12(5)10(3)11(14)4)20-17-13(6)18(19)21-15(17)8-2;/h10-19H,7-9H2,1-6H3;. The third-order valence-electron chi connectivity index (χ3n) is 6.43. The van der Waals surface area contributed by atoms with Gasteiger partial charge < -0.3 is 14.6 Å². The van der Waals surface area contributed by atoms with Gasteiger partial charge in [0.1, 0.15) is 0 Å². The van der Waals surface area contributed by atoms with E-state index in [4.69, 9.17) is 9.47 Å². The number of hydrogen-bond donors (Lipinski definition) is 1. The van der Waals surface area contributed by atoms with Gasteiger partial charge in [-0.15, -0.1) is 0 Å². The van der Waals surface area contributed by atoms with E-state index in [2.05, 4.69) is 34.6 Å². The van der Waals surface area contributed by atoms with Gasteiger partial charge in [-0.25, -0.2) is 0 Å². The van der Waals surface area contributed by atoms with Gasteiger partial charge in [-0.1, -0.05) is 48.0 Å². The molecule has 0 amide bonds. The van der Waals surface area contributed by atoms with Crippen LogP contribution in [0.15, 0.2) is 0 Å². The van der Waals surface area contributed by atoms with E-state index < -0.39 is 6.29 Å². The van der Waals surface area contributed by atoms with Gasteiger partial charge in [-0.3, -0.25) is 0 Å². The molecule has 0 spiro atoms. The van der Waals surface area contributed by atoms with Gasteiger partial charge in [0.25, 0.3) is 0 Å². The van der Waals surface area contributed by atoms with E-state index in [0.29, 0.717) is 17.9 Å². The van der Waals surface area contributed by atoms with Crippen LogP contribution < -0.4 is 0 Å². The van der Waals surface area contributed by atoms with Crippen LogP contribution in [0.25, 0.3) is 0 Å². The molecule has 0 bridgehead atoms. The Balaban J connectivity index is 0.00000242. The summed E-state index contributed by atoms with van der Waals surface area (Å²) in [4.78, 5) is 0. The molecule has 129 valence electrons. The zero-order chi connectivity index (χ0) is 15.7. The number of hydrogen-bond acceptors (Lipinski definition) is 3. The first kappa shape index (κ1) is 20.5. The summed E-state index contributed by atoms with van der Waals surface area (Å²) in [6.45, 7) is 13.5. The molecule has 4 heteroatoms. The monoisotopic (exact) mass is 349 g/mol. The predicted octanol–water partition coefficient (Wildman–Crippen LogP) is 3.84. The minimum Gasteiger partial charge on any atom is -0.372 e. The van der Waals surface area contributed by atoms with Crippen LogP contribution in [0.4, 0.5) is 0 Å². The molecule has 1 saturated carbocycles. The molecule has 0 aromatic heterocycles. The van der Waals surface area contributed by atoms with Gasteiger partial charge in [0.2, 0.25) is 0 Å². The van der Waals surface area contributed by atoms with Crippen LogP contribution in [0.1, 0.15) is 60.8 Å². The Morgan fingerprint density at radius 2 is 1.59 bits per heavy atom. The number of ether oxygens (including phenoxy) is 2. The van der Waals surface area contributed by atoms with E-state index in [1.54, 1.807) is 0 Å². The molecule has 2 fully saturated rings. The van der Waals surface area contributed by atoms with Crippen molar-refractivity contribution in [3.63, 3.8) is 0 Å². The quantitative estimate of drug-likeness (QED) is 0.838. The van der Waals surface area contributed by atoms with E-state index in [1.165, 1.54) is 6.42 Å². The van der Waals surface area contributed by atoms with Crippen LogP contribution in [-0.2, 0) is 28.0 Å². The van der Waals surface area contributed by atoms with E-state index in [9.17, 15) is 5.11 Å². The number of aliphatic hydroxyl groups is 1. The van der Waals surface area contributed by atoms with Crippen LogP contribution in [0.5, 0.6) is 0 Å². The van der Waals surface area contributed by atoms with Crippen LogP contribution in [0.2, 0.25) is 0 Å². The number of aliphatic hydroxyl groups excluding tert-OH is 1. The minimum absolute atomic E-state index is 0. The van der Waals surface area contributed by atoms with Gasteiger partial charge in [-0.2, -0.15) is 0 Å². The number of rotatable bonds is 4. The Morgan fingerprint density at radius 3 is 2.14 bits per heavy atom. The second-order valence-corrected chi connectivity index (χ2v) is 7.45. The first-order chi connectivity index (χ1) is 9.90. The first-order valence-electron chi connectivity index (χ1n) is 8.89. The fourth-order valence-corrected chi connectivity index (χ4v) is 4.32. The molecule has 0 aromatic rings. The van der Waals surface area contributed by atoms with Crippen molar-refractivity contribution in [1.29, 1.82) is 0 Å². The minimum atomic E-state index is -0.669. The fourth-order valence-electron chi connectivity index (χ4n) is 4.32. The first-order valence-corrected chi connectivity index (χ1v) is 8.89. The zero-order valence-electron chi connectivity index (χ0n) is 15.0.